The summed E-state index contributed by atoms with van der Waals surface area (Å²) in [6.45, 7) is 0. The van der Waals surface area contributed by atoms with Crippen LogP contribution in [0.2, 0.25) is 0 Å². The lowest BCUT2D eigenvalue weighted by atomic mass is 9.97. The number of hydrogen-bond acceptors (Lipinski definition) is 3. The summed E-state index contributed by atoms with van der Waals surface area (Å²) in [5.41, 5.74) is 0. The molecule has 1 N–H and O–H groups in total. The number of thioether (sulfide) groups is 1. The lowest BCUT2D eigenvalue weighted by Gasteiger charge is -2.36. The SMILES string of the molecule is CN(C(=O)C1CCSC1)C1CC2CCC(C1)N2. The predicted molar refractivity (Wildman–Crippen MR) is 71.2 cm³/mol. The van der Waals surface area contributed by atoms with Gasteiger partial charge in [-0.2, -0.15) is 11.8 Å². The Morgan fingerprint density at radius 3 is 2.53 bits per heavy atom. The molecule has 3 aliphatic heterocycles. The van der Waals surface area contributed by atoms with Crippen molar-refractivity contribution >= 4 is 17.7 Å². The summed E-state index contributed by atoms with van der Waals surface area (Å²) in [7, 11) is 2.03. The molecule has 2 bridgehead atoms. The van der Waals surface area contributed by atoms with Gasteiger partial charge < -0.3 is 10.2 Å². The number of hydrogen-bond donors (Lipinski definition) is 1. The minimum atomic E-state index is 0.303. The monoisotopic (exact) mass is 254 g/mol. The maximum absolute atomic E-state index is 12.4. The number of nitrogens with one attached hydrogen (secondary N) is 1. The average Bonchev–Trinajstić information content (AvgIpc) is 2.97. The largest absolute Gasteiger partial charge is 0.342 e. The molecule has 0 radical (unpaired) electrons. The Kier molecular flexibility index (Phi) is 3.35. The molecular formula is C13H22N2OS. The molecule has 17 heavy (non-hydrogen) atoms. The number of carbonyl (C=O) groups excluding carboxylic acids is 1. The molecule has 0 aliphatic carbocycles. The molecule has 1 amide bonds. The summed E-state index contributed by atoms with van der Waals surface area (Å²) in [6, 6.07) is 1.84. The van der Waals surface area contributed by atoms with E-state index in [1.807, 2.05) is 18.8 Å². The first kappa shape index (κ1) is 11.8. The Bertz CT molecular complexity index is 292. The van der Waals surface area contributed by atoms with Crippen molar-refractivity contribution in [3.8, 4) is 0 Å². The van der Waals surface area contributed by atoms with E-state index in [9.17, 15) is 4.79 Å². The molecule has 0 aromatic heterocycles. The highest BCUT2D eigenvalue weighted by Gasteiger charge is 2.38. The van der Waals surface area contributed by atoms with Crippen LogP contribution in [0.5, 0.6) is 0 Å². The van der Waals surface area contributed by atoms with Crippen molar-refractivity contribution in [2.45, 2.75) is 50.2 Å². The van der Waals surface area contributed by atoms with Gasteiger partial charge in [-0.1, -0.05) is 0 Å². The zero-order chi connectivity index (χ0) is 11.8. The van der Waals surface area contributed by atoms with Crippen LogP contribution in [0.4, 0.5) is 0 Å². The normalized spacial score (nSPS) is 40.5. The van der Waals surface area contributed by atoms with Gasteiger partial charge >= 0.3 is 0 Å². The van der Waals surface area contributed by atoms with Gasteiger partial charge in [0.15, 0.2) is 0 Å². The smallest absolute Gasteiger partial charge is 0.226 e. The van der Waals surface area contributed by atoms with Crippen molar-refractivity contribution in [3.05, 3.63) is 0 Å². The van der Waals surface area contributed by atoms with E-state index >= 15 is 0 Å². The lowest BCUT2D eigenvalue weighted by Crippen LogP contribution is -2.50. The highest BCUT2D eigenvalue weighted by Crippen LogP contribution is 2.31. The molecule has 3 fully saturated rings. The van der Waals surface area contributed by atoms with E-state index in [1.54, 1.807) is 0 Å². The van der Waals surface area contributed by atoms with E-state index in [1.165, 1.54) is 31.4 Å². The molecule has 0 spiro atoms. The molecular weight excluding hydrogens is 232 g/mol. The van der Waals surface area contributed by atoms with Gasteiger partial charge in [-0.05, 0) is 37.9 Å². The summed E-state index contributed by atoms with van der Waals surface area (Å²) in [5.74, 6) is 2.92. The fourth-order valence-corrected chi connectivity index (χ4v) is 4.75. The molecule has 0 aromatic carbocycles. The summed E-state index contributed by atoms with van der Waals surface area (Å²) in [6.07, 6.45) is 6.04. The van der Waals surface area contributed by atoms with Gasteiger partial charge in [0.25, 0.3) is 0 Å². The maximum atomic E-state index is 12.4. The summed E-state index contributed by atoms with van der Waals surface area (Å²) in [4.78, 5) is 14.4. The highest BCUT2D eigenvalue weighted by molar-refractivity contribution is 7.99. The van der Waals surface area contributed by atoms with Gasteiger partial charge in [0.05, 0.1) is 0 Å². The van der Waals surface area contributed by atoms with Crippen molar-refractivity contribution < 1.29 is 4.79 Å². The topological polar surface area (TPSA) is 32.3 Å². The van der Waals surface area contributed by atoms with Crippen LogP contribution >= 0.6 is 11.8 Å². The zero-order valence-electron chi connectivity index (χ0n) is 10.5. The van der Waals surface area contributed by atoms with Crippen molar-refractivity contribution in [3.63, 3.8) is 0 Å². The molecule has 3 unspecified atom stereocenters. The standard InChI is InChI=1S/C13H22N2OS/c1-15(13(16)9-4-5-17-8-9)12-6-10-2-3-11(7-12)14-10/h9-12,14H,2-8H2,1H3. The minimum absolute atomic E-state index is 0.303. The van der Waals surface area contributed by atoms with Crippen LogP contribution < -0.4 is 5.32 Å². The van der Waals surface area contributed by atoms with Crippen LogP contribution in [0.1, 0.15) is 32.1 Å². The first-order chi connectivity index (χ1) is 8.24. The summed E-state index contributed by atoms with van der Waals surface area (Å²) < 4.78 is 0. The predicted octanol–water partition coefficient (Wildman–Crippen LogP) is 1.48. The average molecular weight is 254 g/mol. The van der Waals surface area contributed by atoms with E-state index in [2.05, 4.69) is 10.2 Å². The molecule has 4 heteroatoms. The molecule has 3 rings (SSSR count). The zero-order valence-corrected chi connectivity index (χ0v) is 11.3. The number of rotatable bonds is 2. The summed E-state index contributed by atoms with van der Waals surface area (Å²) >= 11 is 1.93. The van der Waals surface area contributed by atoms with Crippen molar-refractivity contribution in [1.29, 1.82) is 0 Å². The van der Waals surface area contributed by atoms with Crippen molar-refractivity contribution in [2.24, 2.45) is 5.92 Å². The van der Waals surface area contributed by atoms with Crippen LogP contribution in [-0.2, 0) is 4.79 Å². The van der Waals surface area contributed by atoms with Gasteiger partial charge in [0.2, 0.25) is 5.91 Å². The fourth-order valence-electron chi connectivity index (χ4n) is 3.54. The third-order valence-electron chi connectivity index (χ3n) is 4.62. The molecule has 0 aromatic rings. The summed E-state index contributed by atoms with van der Waals surface area (Å²) in [5, 5.41) is 3.64. The van der Waals surface area contributed by atoms with Crippen LogP contribution in [0.3, 0.4) is 0 Å². The van der Waals surface area contributed by atoms with Crippen LogP contribution in [0.15, 0.2) is 0 Å². The Hall–Kier alpha value is -0.220. The molecule has 3 saturated heterocycles. The second-order valence-electron chi connectivity index (χ2n) is 5.77. The molecule has 0 saturated carbocycles. The van der Waals surface area contributed by atoms with Crippen molar-refractivity contribution in [2.75, 3.05) is 18.6 Å². The Balaban J connectivity index is 1.61. The van der Waals surface area contributed by atoms with Gasteiger partial charge in [0.1, 0.15) is 0 Å². The molecule has 3 heterocycles. The minimum Gasteiger partial charge on any atom is -0.342 e. The first-order valence-corrected chi connectivity index (χ1v) is 8.00. The van der Waals surface area contributed by atoms with Gasteiger partial charge in [-0.15, -0.1) is 0 Å². The van der Waals surface area contributed by atoms with Crippen LogP contribution in [-0.4, -0.2) is 47.5 Å². The third kappa shape index (κ3) is 2.34. The quantitative estimate of drug-likeness (QED) is 0.810. The Morgan fingerprint density at radius 2 is 1.94 bits per heavy atom. The van der Waals surface area contributed by atoms with E-state index in [0.29, 0.717) is 30.0 Å². The van der Waals surface area contributed by atoms with E-state index < -0.39 is 0 Å². The van der Waals surface area contributed by atoms with Gasteiger partial charge in [0, 0.05) is 36.8 Å². The maximum Gasteiger partial charge on any atom is 0.226 e. The number of amides is 1. The van der Waals surface area contributed by atoms with Gasteiger partial charge in [-0.3, -0.25) is 4.79 Å². The number of nitrogens with zero attached hydrogens (tertiary/aromatic N) is 1. The van der Waals surface area contributed by atoms with Crippen LogP contribution in [0.25, 0.3) is 0 Å². The Morgan fingerprint density at radius 1 is 1.24 bits per heavy atom. The fraction of sp³-hybridized carbons (Fsp3) is 0.923. The lowest BCUT2D eigenvalue weighted by molar-refractivity contribution is -0.136. The third-order valence-corrected chi connectivity index (χ3v) is 5.78. The first-order valence-electron chi connectivity index (χ1n) is 6.84. The second-order valence-corrected chi connectivity index (χ2v) is 6.92. The van der Waals surface area contributed by atoms with Gasteiger partial charge in [-0.25, -0.2) is 0 Å². The second kappa shape index (κ2) is 4.81. The number of carbonyl (C=O) groups is 1. The molecule has 3 atom stereocenters. The molecule has 96 valence electrons. The molecule has 3 aliphatic rings. The van der Waals surface area contributed by atoms with E-state index in [-0.39, 0.29) is 0 Å². The number of fused-ring (bicyclic) bond motifs is 2. The highest BCUT2D eigenvalue weighted by atomic mass is 32.2. The Labute approximate surface area is 108 Å². The van der Waals surface area contributed by atoms with Crippen LogP contribution in [0, 0.1) is 5.92 Å². The number of piperidine rings is 1. The van der Waals surface area contributed by atoms with Crippen molar-refractivity contribution in [1.82, 2.24) is 10.2 Å². The van der Waals surface area contributed by atoms with E-state index in [0.717, 1.165) is 12.2 Å². The van der Waals surface area contributed by atoms with E-state index in [4.69, 9.17) is 0 Å². The molecule has 3 nitrogen and oxygen atoms in total.